The number of alkyl halides is 3. The smallest absolute Gasteiger partial charge is 0.416 e. The van der Waals surface area contributed by atoms with Crippen molar-refractivity contribution >= 4 is 23.0 Å². The molecule has 0 spiro atoms. The first-order valence-electron chi connectivity index (χ1n) is 10.1. The lowest BCUT2D eigenvalue weighted by molar-refractivity contribution is -0.146. The van der Waals surface area contributed by atoms with Crippen molar-refractivity contribution in [2.75, 3.05) is 36.5 Å². The largest absolute Gasteiger partial charge is 0.484 e. The second-order valence-electron chi connectivity index (χ2n) is 8.67. The van der Waals surface area contributed by atoms with Crippen molar-refractivity contribution in [3.8, 4) is 5.75 Å². The number of hydrogen-bond acceptors (Lipinski definition) is 5. The summed E-state index contributed by atoms with van der Waals surface area (Å²) in [4.78, 5) is 15.8. The summed E-state index contributed by atoms with van der Waals surface area (Å²) in [6.45, 7) is 7.36. The number of esters is 1. The van der Waals surface area contributed by atoms with Crippen LogP contribution in [0.2, 0.25) is 0 Å². The van der Waals surface area contributed by atoms with Gasteiger partial charge in [-0.3, -0.25) is 4.79 Å². The maximum Gasteiger partial charge on any atom is 0.416 e. The van der Waals surface area contributed by atoms with Crippen molar-refractivity contribution in [2.24, 2.45) is 5.92 Å². The highest BCUT2D eigenvalue weighted by Gasteiger charge is 2.38. The lowest BCUT2D eigenvalue weighted by atomic mass is 9.96. The van der Waals surface area contributed by atoms with Gasteiger partial charge in [-0.2, -0.15) is 13.2 Å². The van der Waals surface area contributed by atoms with E-state index < -0.39 is 17.3 Å². The van der Waals surface area contributed by atoms with Crippen LogP contribution in [0.25, 0.3) is 0 Å². The van der Waals surface area contributed by atoms with Gasteiger partial charge in [0, 0.05) is 24.5 Å². The molecular formula is C23H25F3N2O3. The normalized spacial score (nSPS) is 18.2. The number of methoxy groups -OCH3 is 1. The van der Waals surface area contributed by atoms with E-state index in [2.05, 4.69) is 4.90 Å². The fraction of sp³-hybridized carbons (Fsp3) is 0.435. The number of fused-ring (bicyclic) bond motifs is 1. The van der Waals surface area contributed by atoms with Crippen molar-refractivity contribution < 1.29 is 27.4 Å². The maximum absolute atomic E-state index is 13.2. The standard InChI is InChI=1S/C23H25F3N2O3/c1-14-17(27-11-15(12-27)21(29)30-4)6-5-7-18(14)28-13-22(2,3)31-20-10-16(23(24,25)26)8-9-19(20)28/h5-10,15H,11-13H2,1-4H3. The van der Waals surface area contributed by atoms with Crippen LogP contribution in [0, 0.1) is 12.8 Å². The van der Waals surface area contributed by atoms with Crippen LogP contribution in [0.5, 0.6) is 5.75 Å². The maximum atomic E-state index is 13.2. The Hall–Kier alpha value is -2.90. The summed E-state index contributed by atoms with van der Waals surface area (Å²) in [5.74, 6) is -0.142. The molecule has 166 valence electrons. The molecule has 0 aromatic heterocycles. The zero-order chi connectivity index (χ0) is 22.6. The Morgan fingerprint density at radius 1 is 1.13 bits per heavy atom. The summed E-state index contributed by atoms with van der Waals surface area (Å²) in [5.41, 5.74) is 2.08. The predicted molar refractivity (Wildman–Crippen MR) is 112 cm³/mol. The Labute approximate surface area is 179 Å². The molecule has 5 nitrogen and oxygen atoms in total. The van der Waals surface area contributed by atoms with E-state index in [9.17, 15) is 18.0 Å². The Kier molecular flexibility index (Phi) is 5.06. The minimum atomic E-state index is -4.44. The molecule has 0 N–H and O–H groups in total. The average Bonchev–Trinajstić information content (AvgIpc) is 2.65. The minimum Gasteiger partial charge on any atom is -0.484 e. The van der Waals surface area contributed by atoms with Crippen LogP contribution in [-0.2, 0) is 15.7 Å². The molecule has 0 unspecified atom stereocenters. The first-order valence-corrected chi connectivity index (χ1v) is 10.1. The van der Waals surface area contributed by atoms with Gasteiger partial charge in [-0.05, 0) is 56.7 Å². The second kappa shape index (κ2) is 7.35. The SMILES string of the molecule is COC(=O)C1CN(c2cccc(N3CC(C)(C)Oc4cc(C(F)(F)F)ccc43)c2C)C1. The molecule has 4 rings (SSSR count). The number of carbonyl (C=O) groups excluding carboxylic acids is 1. The van der Waals surface area contributed by atoms with Gasteiger partial charge in [0.1, 0.15) is 11.4 Å². The molecule has 1 saturated heterocycles. The fourth-order valence-electron chi connectivity index (χ4n) is 4.24. The predicted octanol–water partition coefficient (Wildman–Crippen LogP) is 4.93. The van der Waals surface area contributed by atoms with Crippen molar-refractivity contribution in [3.63, 3.8) is 0 Å². The quantitative estimate of drug-likeness (QED) is 0.641. The van der Waals surface area contributed by atoms with Gasteiger partial charge in [-0.15, -0.1) is 0 Å². The molecule has 8 heteroatoms. The summed E-state index contributed by atoms with van der Waals surface area (Å²) in [5, 5.41) is 0. The molecule has 0 bridgehead atoms. The highest BCUT2D eigenvalue weighted by Crippen LogP contribution is 2.46. The molecule has 2 aromatic carbocycles. The van der Waals surface area contributed by atoms with E-state index in [1.54, 1.807) is 0 Å². The monoisotopic (exact) mass is 434 g/mol. The number of rotatable bonds is 3. The van der Waals surface area contributed by atoms with Gasteiger partial charge in [-0.1, -0.05) is 6.07 Å². The van der Waals surface area contributed by atoms with Crippen molar-refractivity contribution in [3.05, 3.63) is 47.5 Å². The molecule has 0 radical (unpaired) electrons. The van der Waals surface area contributed by atoms with E-state index >= 15 is 0 Å². The molecule has 0 amide bonds. The third-order valence-electron chi connectivity index (χ3n) is 5.83. The van der Waals surface area contributed by atoms with Gasteiger partial charge in [-0.25, -0.2) is 0 Å². The third-order valence-corrected chi connectivity index (χ3v) is 5.83. The third kappa shape index (κ3) is 3.91. The van der Waals surface area contributed by atoms with Crippen LogP contribution in [0.1, 0.15) is 25.0 Å². The molecule has 0 atom stereocenters. The summed E-state index contributed by atoms with van der Waals surface area (Å²) in [6.07, 6.45) is -4.44. The van der Waals surface area contributed by atoms with E-state index in [1.807, 2.05) is 43.9 Å². The fourth-order valence-corrected chi connectivity index (χ4v) is 4.24. The Morgan fingerprint density at radius 2 is 1.81 bits per heavy atom. The van der Waals surface area contributed by atoms with Gasteiger partial charge >= 0.3 is 12.1 Å². The summed E-state index contributed by atoms with van der Waals surface area (Å²) in [7, 11) is 1.39. The first-order chi connectivity index (χ1) is 14.5. The lowest BCUT2D eigenvalue weighted by Gasteiger charge is -2.43. The minimum absolute atomic E-state index is 0.142. The zero-order valence-corrected chi connectivity index (χ0v) is 17.9. The molecule has 31 heavy (non-hydrogen) atoms. The van der Waals surface area contributed by atoms with Crippen LogP contribution < -0.4 is 14.5 Å². The van der Waals surface area contributed by atoms with E-state index in [4.69, 9.17) is 9.47 Å². The van der Waals surface area contributed by atoms with Gasteiger partial charge < -0.3 is 19.3 Å². The highest BCUT2D eigenvalue weighted by atomic mass is 19.4. The van der Waals surface area contributed by atoms with Crippen LogP contribution in [-0.4, -0.2) is 38.3 Å². The van der Waals surface area contributed by atoms with Gasteiger partial charge in [0.15, 0.2) is 0 Å². The van der Waals surface area contributed by atoms with Crippen LogP contribution in [0.3, 0.4) is 0 Å². The summed E-state index contributed by atoms with van der Waals surface area (Å²) < 4.78 is 50.4. The molecular weight excluding hydrogens is 409 g/mol. The van der Waals surface area contributed by atoms with E-state index in [0.717, 1.165) is 29.1 Å². The highest BCUT2D eigenvalue weighted by molar-refractivity contribution is 5.80. The lowest BCUT2D eigenvalue weighted by Crippen LogP contribution is -2.51. The topological polar surface area (TPSA) is 42.0 Å². The van der Waals surface area contributed by atoms with Crippen molar-refractivity contribution in [1.82, 2.24) is 0 Å². The molecule has 2 heterocycles. The Bertz CT molecular complexity index is 1010. The van der Waals surface area contributed by atoms with Crippen LogP contribution >= 0.6 is 0 Å². The summed E-state index contributed by atoms with van der Waals surface area (Å²) in [6, 6.07) is 9.50. The summed E-state index contributed by atoms with van der Waals surface area (Å²) >= 11 is 0. The number of hydrogen-bond donors (Lipinski definition) is 0. The number of nitrogens with zero attached hydrogens (tertiary/aromatic N) is 2. The van der Waals surface area contributed by atoms with Gasteiger partial charge in [0.2, 0.25) is 0 Å². The zero-order valence-electron chi connectivity index (χ0n) is 17.9. The average molecular weight is 434 g/mol. The number of benzene rings is 2. The van der Waals surface area contributed by atoms with E-state index in [-0.39, 0.29) is 17.6 Å². The van der Waals surface area contributed by atoms with Gasteiger partial charge in [0.25, 0.3) is 0 Å². The molecule has 2 aliphatic heterocycles. The number of ether oxygens (including phenoxy) is 2. The second-order valence-corrected chi connectivity index (χ2v) is 8.67. The van der Waals surface area contributed by atoms with E-state index in [0.29, 0.717) is 25.3 Å². The number of anilines is 3. The van der Waals surface area contributed by atoms with Crippen molar-refractivity contribution in [1.29, 1.82) is 0 Å². The molecule has 0 aliphatic carbocycles. The number of halogens is 3. The van der Waals surface area contributed by atoms with Crippen molar-refractivity contribution in [2.45, 2.75) is 32.5 Å². The Morgan fingerprint density at radius 3 is 2.45 bits per heavy atom. The Balaban J connectivity index is 1.70. The molecule has 2 aromatic rings. The van der Waals surface area contributed by atoms with E-state index in [1.165, 1.54) is 13.2 Å². The molecule has 0 saturated carbocycles. The number of carbonyl (C=O) groups is 1. The van der Waals surface area contributed by atoms with Gasteiger partial charge in [0.05, 0.1) is 30.8 Å². The van der Waals surface area contributed by atoms with Crippen LogP contribution in [0.4, 0.5) is 30.2 Å². The molecule has 1 fully saturated rings. The van der Waals surface area contributed by atoms with Crippen LogP contribution in [0.15, 0.2) is 36.4 Å². The first kappa shape index (κ1) is 21.3. The molecule has 2 aliphatic rings.